The molecule has 0 radical (unpaired) electrons. The van der Waals surface area contributed by atoms with Gasteiger partial charge in [0.05, 0.1) is 17.5 Å². The SMILES string of the molecule is CCCC(NC(=O)CN(C)S(=O)(=O)c1ccc(NC(C)=O)cc1)c1ccccc1. The first-order chi connectivity index (χ1) is 13.7. The first kappa shape index (κ1) is 22.6. The summed E-state index contributed by atoms with van der Waals surface area (Å²) in [5.74, 6) is -0.609. The molecule has 156 valence electrons. The molecular weight excluding hydrogens is 390 g/mol. The van der Waals surface area contributed by atoms with E-state index >= 15 is 0 Å². The van der Waals surface area contributed by atoms with Crippen molar-refractivity contribution < 1.29 is 18.0 Å². The third-order valence-corrected chi connectivity index (χ3v) is 6.18. The van der Waals surface area contributed by atoms with Gasteiger partial charge < -0.3 is 10.6 Å². The Morgan fingerprint density at radius 1 is 1.03 bits per heavy atom. The number of carbonyl (C=O) groups is 2. The van der Waals surface area contributed by atoms with Crippen molar-refractivity contribution in [2.24, 2.45) is 0 Å². The Labute approximate surface area is 172 Å². The van der Waals surface area contributed by atoms with Crippen molar-refractivity contribution in [2.45, 2.75) is 37.6 Å². The Bertz CT molecular complexity index is 928. The van der Waals surface area contributed by atoms with E-state index in [4.69, 9.17) is 0 Å². The van der Waals surface area contributed by atoms with Gasteiger partial charge in [-0.1, -0.05) is 43.7 Å². The molecule has 0 saturated carbocycles. The molecule has 8 heteroatoms. The van der Waals surface area contributed by atoms with Crippen LogP contribution in [0.25, 0.3) is 0 Å². The summed E-state index contributed by atoms with van der Waals surface area (Å²) in [6, 6.07) is 15.3. The van der Waals surface area contributed by atoms with E-state index in [1.54, 1.807) is 0 Å². The van der Waals surface area contributed by atoms with Gasteiger partial charge in [0.25, 0.3) is 0 Å². The lowest BCUT2D eigenvalue weighted by Crippen LogP contribution is -2.39. The maximum atomic E-state index is 12.7. The molecule has 7 nitrogen and oxygen atoms in total. The van der Waals surface area contributed by atoms with Crippen molar-refractivity contribution in [3.8, 4) is 0 Å². The number of anilines is 1. The fraction of sp³-hybridized carbons (Fsp3) is 0.333. The van der Waals surface area contributed by atoms with Crippen LogP contribution in [0.4, 0.5) is 5.69 Å². The second-order valence-electron chi connectivity index (χ2n) is 6.79. The monoisotopic (exact) mass is 417 g/mol. The van der Waals surface area contributed by atoms with Crippen LogP contribution in [0.3, 0.4) is 0 Å². The predicted molar refractivity (Wildman–Crippen MR) is 113 cm³/mol. The quantitative estimate of drug-likeness (QED) is 0.656. The zero-order valence-corrected chi connectivity index (χ0v) is 17.7. The molecule has 0 aromatic heterocycles. The smallest absolute Gasteiger partial charge is 0.243 e. The van der Waals surface area contributed by atoms with Crippen molar-refractivity contribution in [2.75, 3.05) is 18.9 Å². The number of sulfonamides is 1. The number of rotatable bonds is 9. The molecule has 2 rings (SSSR count). The van der Waals surface area contributed by atoms with Gasteiger partial charge in [-0.2, -0.15) is 4.31 Å². The Balaban J connectivity index is 2.06. The first-order valence-corrected chi connectivity index (χ1v) is 10.9. The summed E-state index contributed by atoms with van der Waals surface area (Å²) in [5.41, 5.74) is 1.49. The number of amides is 2. The number of hydrogen-bond acceptors (Lipinski definition) is 4. The van der Waals surface area contributed by atoms with Gasteiger partial charge in [-0.25, -0.2) is 8.42 Å². The molecule has 0 aliphatic rings. The average molecular weight is 418 g/mol. The molecular formula is C21H27N3O4S. The van der Waals surface area contributed by atoms with E-state index in [0.29, 0.717) is 5.69 Å². The minimum Gasteiger partial charge on any atom is -0.348 e. The van der Waals surface area contributed by atoms with Crippen molar-refractivity contribution in [1.29, 1.82) is 0 Å². The van der Waals surface area contributed by atoms with Crippen LogP contribution in [0.2, 0.25) is 0 Å². The topological polar surface area (TPSA) is 95.6 Å². The van der Waals surface area contributed by atoms with Gasteiger partial charge >= 0.3 is 0 Å². The molecule has 2 aromatic rings. The maximum Gasteiger partial charge on any atom is 0.243 e. The molecule has 0 fully saturated rings. The third kappa shape index (κ3) is 6.40. The fourth-order valence-electron chi connectivity index (χ4n) is 2.92. The van der Waals surface area contributed by atoms with Crippen LogP contribution in [0.5, 0.6) is 0 Å². The number of hydrogen-bond donors (Lipinski definition) is 2. The summed E-state index contributed by atoms with van der Waals surface area (Å²) < 4.78 is 26.5. The maximum absolute atomic E-state index is 12.7. The van der Waals surface area contributed by atoms with E-state index < -0.39 is 10.0 Å². The highest BCUT2D eigenvalue weighted by molar-refractivity contribution is 7.89. The van der Waals surface area contributed by atoms with Crippen LogP contribution < -0.4 is 10.6 Å². The van der Waals surface area contributed by atoms with Gasteiger partial charge in [0.15, 0.2) is 0 Å². The van der Waals surface area contributed by atoms with Gasteiger partial charge in [0, 0.05) is 19.7 Å². The zero-order valence-electron chi connectivity index (χ0n) is 16.9. The highest BCUT2D eigenvalue weighted by Crippen LogP contribution is 2.19. The van der Waals surface area contributed by atoms with Crippen molar-refractivity contribution in [1.82, 2.24) is 9.62 Å². The fourth-order valence-corrected chi connectivity index (χ4v) is 4.04. The van der Waals surface area contributed by atoms with E-state index in [0.717, 1.165) is 22.7 Å². The molecule has 2 N–H and O–H groups in total. The Morgan fingerprint density at radius 3 is 2.21 bits per heavy atom. The van der Waals surface area contributed by atoms with Crippen LogP contribution in [0, 0.1) is 0 Å². The zero-order chi connectivity index (χ0) is 21.4. The normalized spacial score (nSPS) is 12.4. The molecule has 29 heavy (non-hydrogen) atoms. The summed E-state index contributed by atoms with van der Waals surface area (Å²) >= 11 is 0. The standard InChI is InChI=1S/C21H27N3O4S/c1-4-8-20(17-9-6-5-7-10-17)23-21(26)15-24(3)29(27,28)19-13-11-18(12-14-19)22-16(2)25/h5-7,9-14,20H,4,8,15H2,1-3H3,(H,22,25)(H,23,26). The lowest BCUT2D eigenvalue weighted by atomic mass is 10.0. The molecule has 1 unspecified atom stereocenters. The van der Waals surface area contributed by atoms with Gasteiger partial charge in [0.2, 0.25) is 21.8 Å². The lowest BCUT2D eigenvalue weighted by molar-refractivity contribution is -0.122. The minimum atomic E-state index is -3.83. The van der Waals surface area contributed by atoms with E-state index in [2.05, 4.69) is 10.6 Å². The van der Waals surface area contributed by atoms with Crippen LogP contribution >= 0.6 is 0 Å². The summed E-state index contributed by atoms with van der Waals surface area (Å²) in [7, 11) is -2.46. The molecule has 2 amide bonds. The minimum absolute atomic E-state index is 0.0510. The highest BCUT2D eigenvalue weighted by atomic mass is 32.2. The van der Waals surface area contributed by atoms with E-state index in [9.17, 15) is 18.0 Å². The number of carbonyl (C=O) groups excluding carboxylic acids is 2. The number of benzene rings is 2. The van der Waals surface area contributed by atoms with Crippen molar-refractivity contribution >= 4 is 27.5 Å². The Hall–Kier alpha value is -2.71. The third-order valence-electron chi connectivity index (χ3n) is 4.36. The molecule has 0 aliphatic heterocycles. The van der Waals surface area contributed by atoms with Gasteiger partial charge in [-0.3, -0.25) is 9.59 Å². The second kappa shape index (κ2) is 10.2. The molecule has 0 aliphatic carbocycles. The van der Waals surface area contributed by atoms with Crippen LogP contribution in [0.15, 0.2) is 59.5 Å². The van der Waals surface area contributed by atoms with Gasteiger partial charge in [-0.05, 0) is 36.2 Å². The van der Waals surface area contributed by atoms with E-state index in [-0.39, 0.29) is 29.3 Å². The number of likely N-dealkylation sites (N-methyl/N-ethyl adjacent to an activating group) is 1. The molecule has 1 atom stereocenters. The summed E-state index contributed by atoms with van der Waals surface area (Å²) in [6.45, 7) is 3.12. The van der Waals surface area contributed by atoms with E-state index in [1.165, 1.54) is 38.2 Å². The van der Waals surface area contributed by atoms with Crippen LogP contribution in [-0.2, 0) is 19.6 Å². The average Bonchev–Trinajstić information content (AvgIpc) is 2.68. The lowest BCUT2D eigenvalue weighted by Gasteiger charge is -2.21. The number of nitrogens with one attached hydrogen (secondary N) is 2. The molecule has 0 spiro atoms. The Kier molecular flexibility index (Phi) is 7.92. The summed E-state index contributed by atoms with van der Waals surface area (Å²) in [4.78, 5) is 23.6. The summed E-state index contributed by atoms with van der Waals surface area (Å²) in [6.07, 6.45) is 1.64. The van der Waals surface area contributed by atoms with E-state index in [1.807, 2.05) is 37.3 Å². The predicted octanol–water partition coefficient (Wildman–Crippen LogP) is 2.92. The van der Waals surface area contributed by atoms with Crippen LogP contribution in [0.1, 0.15) is 38.3 Å². The van der Waals surface area contributed by atoms with Crippen molar-refractivity contribution in [3.63, 3.8) is 0 Å². The van der Waals surface area contributed by atoms with Crippen molar-refractivity contribution in [3.05, 3.63) is 60.2 Å². The first-order valence-electron chi connectivity index (χ1n) is 9.42. The number of nitrogens with zero attached hydrogens (tertiary/aromatic N) is 1. The largest absolute Gasteiger partial charge is 0.348 e. The molecule has 2 aromatic carbocycles. The summed E-state index contributed by atoms with van der Waals surface area (Å²) in [5, 5.41) is 5.51. The molecule has 0 saturated heterocycles. The Morgan fingerprint density at radius 2 is 1.66 bits per heavy atom. The second-order valence-corrected chi connectivity index (χ2v) is 8.83. The molecule has 0 heterocycles. The highest BCUT2D eigenvalue weighted by Gasteiger charge is 2.24. The van der Waals surface area contributed by atoms with Gasteiger partial charge in [-0.15, -0.1) is 0 Å². The molecule has 0 bridgehead atoms. The van der Waals surface area contributed by atoms with Crippen LogP contribution in [-0.4, -0.2) is 38.1 Å². The van der Waals surface area contributed by atoms with Gasteiger partial charge in [0.1, 0.15) is 0 Å².